The van der Waals surface area contributed by atoms with Crippen LogP contribution in [-0.2, 0) is 0 Å². The van der Waals surface area contributed by atoms with Crippen molar-refractivity contribution in [2.75, 3.05) is 22.9 Å². The number of allylic oxidation sites excluding steroid dienone is 1. The van der Waals surface area contributed by atoms with Crippen LogP contribution in [0.25, 0.3) is 0 Å². The molecular formula is C17H22F2N4O. The van der Waals surface area contributed by atoms with E-state index in [1.807, 2.05) is 17.9 Å². The van der Waals surface area contributed by atoms with Gasteiger partial charge >= 0.3 is 0 Å². The lowest BCUT2D eigenvalue weighted by atomic mass is 10.1. The van der Waals surface area contributed by atoms with E-state index >= 15 is 0 Å². The van der Waals surface area contributed by atoms with Crippen molar-refractivity contribution in [3.63, 3.8) is 0 Å². The van der Waals surface area contributed by atoms with Crippen LogP contribution in [-0.4, -0.2) is 42.0 Å². The van der Waals surface area contributed by atoms with Crippen LogP contribution in [0.2, 0.25) is 0 Å². The Balaban J connectivity index is 1.91. The Morgan fingerprint density at radius 3 is 2.83 bits per heavy atom. The predicted octanol–water partition coefficient (Wildman–Crippen LogP) is 2.79. The smallest absolute Gasteiger partial charge is 0.270 e. The number of amides is 1. The van der Waals surface area contributed by atoms with Gasteiger partial charge in [-0.15, -0.1) is 0 Å². The second kappa shape index (κ2) is 5.72. The van der Waals surface area contributed by atoms with E-state index < -0.39 is 17.9 Å². The summed E-state index contributed by atoms with van der Waals surface area (Å²) >= 11 is 0. The molecule has 1 N–H and O–H groups in total. The summed E-state index contributed by atoms with van der Waals surface area (Å²) in [6.45, 7) is 9.84. The molecule has 0 aliphatic carbocycles. The Kier molecular flexibility index (Phi) is 3.97. The van der Waals surface area contributed by atoms with E-state index in [2.05, 4.69) is 21.8 Å². The lowest BCUT2D eigenvalue weighted by Crippen LogP contribution is -2.44. The number of hydrogen-bond donors (Lipinski definition) is 1. The molecule has 7 heteroatoms. The summed E-state index contributed by atoms with van der Waals surface area (Å²) < 4.78 is 26.6. The van der Waals surface area contributed by atoms with Gasteiger partial charge in [0.2, 0.25) is 0 Å². The van der Waals surface area contributed by atoms with E-state index in [-0.39, 0.29) is 5.69 Å². The van der Waals surface area contributed by atoms with Crippen LogP contribution in [0, 0.1) is 0 Å². The topological polar surface area (TPSA) is 48.5 Å². The summed E-state index contributed by atoms with van der Waals surface area (Å²) in [6.07, 6.45) is 1.00. The highest BCUT2D eigenvalue weighted by Gasteiger charge is 2.38. The Labute approximate surface area is 140 Å². The Bertz CT molecular complexity index is 686. The number of nitrogens with zero attached hydrogens (tertiary/aromatic N) is 3. The standard InChI is InChI=1S/C17H22F2N4O/c1-10(2)23-12-7-8-22(9-12)14-6-5-13(21-15(14)23)16(24)20-11(3)17(4,18)19/h5-6,11-12H,1,7-9H2,2-4H3,(H,20,24). The van der Waals surface area contributed by atoms with Gasteiger partial charge in [0.15, 0.2) is 5.82 Å². The zero-order valence-electron chi connectivity index (χ0n) is 14.1. The van der Waals surface area contributed by atoms with Crippen LogP contribution in [0.4, 0.5) is 20.3 Å². The first kappa shape index (κ1) is 16.7. The average molecular weight is 336 g/mol. The van der Waals surface area contributed by atoms with E-state index in [9.17, 15) is 13.6 Å². The minimum absolute atomic E-state index is 0.138. The molecule has 0 saturated carbocycles. The molecule has 5 nitrogen and oxygen atoms in total. The minimum atomic E-state index is -2.99. The van der Waals surface area contributed by atoms with Crippen LogP contribution in [0.5, 0.6) is 0 Å². The maximum absolute atomic E-state index is 13.3. The summed E-state index contributed by atoms with van der Waals surface area (Å²) in [4.78, 5) is 21.0. The normalized spacial score (nSPS) is 20.6. The number of anilines is 2. The number of aromatic nitrogens is 1. The maximum atomic E-state index is 13.3. The monoisotopic (exact) mass is 336 g/mol. The molecule has 1 amide bonds. The molecule has 1 aromatic rings. The van der Waals surface area contributed by atoms with Crippen molar-refractivity contribution in [2.45, 2.75) is 45.2 Å². The van der Waals surface area contributed by atoms with E-state index in [1.54, 1.807) is 6.07 Å². The van der Waals surface area contributed by atoms with Gasteiger partial charge in [0, 0.05) is 25.7 Å². The summed E-state index contributed by atoms with van der Waals surface area (Å²) in [6, 6.07) is 2.45. The van der Waals surface area contributed by atoms with Crippen molar-refractivity contribution in [3.05, 3.63) is 30.1 Å². The van der Waals surface area contributed by atoms with Gasteiger partial charge in [0.05, 0.1) is 17.8 Å². The highest BCUT2D eigenvalue weighted by Crippen LogP contribution is 2.40. The molecule has 24 heavy (non-hydrogen) atoms. The average Bonchev–Trinajstić information content (AvgIpc) is 2.90. The molecule has 2 bridgehead atoms. The second-order valence-electron chi connectivity index (χ2n) is 6.68. The van der Waals surface area contributed by atoms with Gasteiger partial charge in [0.1, 0.15) is 5.69 Å². The molecule has 3 rings (SSSR count). The van der Waals surface area contributed by atoms with Crippen molar-refractivity contribution >= 4 is 17.4 Å². The molecule has 0 radical (unpaired) electrons. The molecule has 3 heterocycles. The predicted molar refractivity (Wildman–Crippen MR) is 89.7 cm³/mol. The molecule has 1 fully saturated rings. The van der Waals surface area contributed by atoms with Crippen LogP contribution in [0.15, 0.2) is 24.4 Å². The first-order valence-electron chi connectivity index (χ1n) is 8.08. The number of carbonyl (C=O) groups is 1. The maximum Gasteiger partial charge on any atom is 0.270 e. The molecule has 130 valence electrons. The fourth-order valence-corrected chi connectivity index (χ4v) is 3.23. The first-order chi connectivity index (χ1) is 11.2. The molecule has 2 atom stereocenters. The van der Waals surface area contributed by atoms with E-state index in [0.29, 0.717) is 11.9 Å². The first-order valence-corrected chi connectivity index (χ1v) is 8.08. The number of hydrogen-bond acceptors (Lipinski definition) is 4. The van der Waals surface area contributed by atoms with Crippen LogP contribution >= 0.6 is 0 Å². The third kappa shape index (κ3) is 2.83. The minimum Gasteiger partial charge on any atom is -0.366 e. The lowest BCUT2D eigenvalue weighted by Gasteiger charge is -2.37. The van der Waals surface area contributed by atoms with Crippen LogP contribution < -0.4 is 15.1 Å². The van der Waals surface area contributed by atoms with E-state index in [0.717, 1.165) is 37.8 Å². The zero-order chi connectivity index (χ0) is 17.6. The third-order valence-electron chi connectivity index (χ3n) is 4.70. The van der Waals surface area contributed by atoms with Gasteiger partial charge in [-0.05, 0) is 32.4 Å². The molecular weight excluding hydrogens is 314 g/mol. The van der Waals surface area contributed by atoms with Gasteiger partial charge in [-0.25, -0.2) is 13.8 Å². The van der Waals surface area contributed by atoms with Gasteiger partial charge in [-0.2, -0.15) is 0 Å². The molecule has 0 spiro atoms. The van der Waals surface area contributed by atoms with Gasteiger partial charge in [0.25, 0.3) is 11.8 Å². The Hall–Kier alpha value is -2.18. The van der Waals surface area contributed by atoms with Gasteiger partial charge in [-0.1, -0.05) is 6.58 Å². The Morgan fingerprint density at radius 2 is 2.21 bits per heavy atom. The molecule has 1 aromatic heterocycles. The highest BCUT2D eigenvalue weighted by molar-refractivity contribution is 5.94. The SMILES string of the molecule is C=C(C)N1c2nc(C(=O)NC(C)C(C)(F)F)ccc2N2CCC1C2. The quantitative estimate of drug-likeness (QED) is 0.918. The zero-order valence-corrected chi connectivity index (χ0v) is 14.1. The summed E-state index contributed by atoms with van der Waals surface area (Å²) in [7, 11) is 0. The summed E-state index contributed by atoms with van der Waals surface area (Å²) in [5.41, 5.74) is 1.96. The number of rotatable bonds is 4. The number of alkyl halides is 2. The highest BCUT2D eigenvalue weighted by atomic mass is 19.3. The van der Waals surface area contributed by atoms with E-state index in [1.165, 1.54) is 6.92 Å². The molecule has 0 aromatic carbocycles. The Morgan fingerprint density at radius 1 is 1.50 bits per heavy atom. The molecule has 2 aliphatic heterocycles. The van der Waals surface area contributed by atoms with Crippen molar-refractivity contribution in [1.29, 1.82) is 0 Å². The largest absolute Gasteiger partial charge is 0.366 e. The second-order valence-corrected chi connectivity index (χ2v) is 6.68. The van der Waals surface area contributed by atoms with Crippen molar-refractivity contribution in [3.8, 4) is 0 Å². The number of carbonyl (C=O) groups excluding carboxylic acids is 1. The number of pyridine rings is 1. The van der Waals surface area contributed by atoms with Crippen molar-refractivity contribution in [2.24, 2.45) is 0 Å². The molecule has 2 aliphatic rings. The fourth-order valence-electron chi connectivity index (χ4n) is 3.23. The fraction of sp³-hybridized carbons (Fsp3) is 0.529. The number of fused-ring (bicyclic) bond motifs is 4. The van der Waals surface area contributed by atoms with Crippen LogP contribution in [0.3, 0.4) is 0 Å². The number of halogens is 2. The van der Waals surface area contributed by atoms with Gasteiger partial charge in [-0.3, -0.25) is 4.79 Å². The molecule has 2 unspecified atom stereocenters. The van der Waals surface area contributed by atoms with Gasteiger partial charge < -0.3 is 15.1 Å². The number of nitrogens with one attached hydrogen (secondary N) is 1. The summed E-state index contributed by atoms with van der Waals surface area (Å²) in [5.74, 6) is -2.90. The van der Waals surface area contributed by atoms with Crippen LogP contribution in [0.1, 0.15) is 37.7 Å². The van der Waals surface area contributed by atoms with E-state index in [4.69, 9.17) is 0 Å². The third-order valence-corrected chi connectivity index (χ3v) is 4.70. The lowest BCUT2D eigenvalue weighted by molar-refractivity contribution is -0.0108. The van der Waals surface area contributed by atoms with Crippen molar-refractivity contribution in [1.82, 2.24) is 10.3 Å². The molecule has 1 saturated heterocycles. The van der Waals surface area contributed by atoms with Crippen molar-refractivity contribution < 1.29 is 13.6 Å². The summed E-state index contributed by atoms with van der Waals surface area (Å²) in [5, 5.41) is 2.32.